The van der Waals surface area contributed by atoms with Gasteiger partial charge in [0.25, 0.3) is 5.91 Å². The van der Waals surface area contributed by atoms with Crippen molar-refractivity contribution in [3.63, 3.8) is 0 Å². The van der Waals surface area contributed by atoms with E-state index < -0.39 is 11.7 Å². The van der Waals surface area contributed by atoms with Crippen LogP contribution in [0.1, 0.15) is 51.5 Å². The summed E-state index contributed by atoms with van der Waals surface area (Å²) in [4.78, 5) is 14.8. The van der Waals surface area contributed by atoms with Crippen LogP contribution in [0, 0.1) is 0 Å². The maximum Gasteiger partial charge on any atom is 0.416 e. The second-order valence-corrected chi connectivity index (χ2v) is 8.70. The molecule has 4 rings (SSSR count). The molecule has 0 aliphatic heterocycles. The molecule has 0 fully saturated rings. The number of nitrogens with one attached hydrogen (secondary N) is 1. The highest BCUT2D eigenvalue weighted by Crippen LogP contribution is 2.29. The summed E-state index contributed by atoms with van der Waals surface area (Å²) in [5, 5.41) is 2.94. The second-order valence-electron chi connectivity index (χ2n) is 8.70. The Hall–Kier alpha value is -3.84. The molecule has 4 nitrogen and oxygen atoms in total. The molecule has 0 aliphatic carbocycles. The Labute approximate surface area is 208 Å². The molecule has 1 N–H and O–H groups in total. The van der Waals surface area contributed by atoms with E-state index in [-0.39, 0.29) is 17.7 Å². The minimum absolute atomic E-state index is 0.179. The fourth-order valence-electron chi connectivity index (χ4n) is 3.96. The van der Waals surface area contributed by atoms with Crippen LogP contribution in [0.4, 0.5) is 13.2 Å². The summed E-state index contributed by atoms with van der Waals surface area (Å²) in [6.45, 7) is 3.27. The summed E-state index contributed by atoms with van der Waals surface area (Å²) < 4.78 is 44.7. The standard InChI is InChI=1S/C29H27F3N2O2/c1-21(24-10-6-3-7-11-24)33-28(35)27-17-16-26(36-27)20-34(18-22-8-4-2-5-9-22)19-23-12-14-25(15-13-23)29(30,31)32/h2-17,21H,18-20H2,1H3,(H,33,35). The SMILES string of the molecule is CC(NC(=O)c1ccc(CN(Cc2ccccc2)Cc2ccc(C(F)(F)F)cc2)o1)c1ccccc1. The van der Waals surface area contributed by atoms with Crippen LogP contribution in [0.5, 0.6) is 0 Å². The van der Waals surface area contributed by atoms with Crippen molar-refractivity contribution in [3.05, 3.63) is 131 Å². The zero-order valence-corrected chi connectivity index (χ0v) is 19.8. The quantitative estimate of drug-likeness (QED) is 0.274. The minimum atomic E-state index is -4.37. The zero-order chi connectivity index (χ0) is 25.5. The van der Waals surface area contributed by atoms with Crippen molar-refractivity contribution in [1.82, 2.24) is 10.2 Å². The van der Waals surface area contributed by atoms with Crippen LogP contribution in [0.3, 0.4) is 0 Å². The first-order valence-electron chi connectivity index (χ1n) is 11.6. The lowest BCUT2D eigenvalue weighted by molar-refractivity contribution is -0.137. The first kappa shape index (κ1) is 25.3. The van der Waals surface area contributed by atoms with Crippen LogP contribution < -0.4 is 5.32 Å². The molecular weight excluding hydrogens is 465 g/mol. The number of carbonyl (C=O) groups is 1. The second kappa shape index (κ2) is 11.3. The smallest absolute Gasteiger partial charge is 0.416 e. The number of alkyl halides is 3. The average molecular weight is 493 g/mol. The van der Waals surface area contributed by atoms with Crippen LogP contribution in [0.25, 0.3) is 0 Å². The maximum atomic E-state index is 12.9. The number of benzene rings is 3. The molecule has 0 bridgehead atoms. The Balaban J connectivity index is 1.46. The maximum absolute atomic E-state index is 12.9. The van der Waals surface area contributed by atoms with E-state index in [2.05, 4.69) is 10.2 Å². The van der Waals surface area contributed by atoms with E-state index in [1.54, 1.807) is 12.1 Å². The number of amides is 1. The molecule has 0 spiro atoms. The van der Waals surface area contributed by atoms with E-state index >= 15 is 0 Å². The van der Waals surface area contributed by atoms with Gasteiger partial charge >= 0.3 is 6.18 Å². The Morgan fingerprint density at radius 1 is 0.806 bits per heavy atom. The lowest BCUT2D eigenvalue weighted by atomic mass is 10.1. The van der Waals surface area contributed by atoms with Gasteiger partial charge in [0.2, 0.25) is 0 Å². The average Bonchev–Trinajstić information content (AvgIpc) is 3.33. The van der Waals surface area contributed by atoms with Gasteiger partial charge in [-0.2, -0.15) is 13.2 Å². The predicted octanol–water partition coefficient (Wildman–Crippen LogP) is 6.99. The number of rotatable bonds is 9. The normalized spacial score (nSPS) is 12.5. The fourth-order valence-corrected chi connectivity index (χ4v) is 3.96. The minimum Gasteiger partial charge on any atom is -0.455 e. The van der Waals surface area contributed by atoms with Gasteiger partial charge in [0, 0.05) is 13.1 Å². The van der Waals surface area contributed by atoms with Crippen molar-refractivity contribution >= 4 is 5.91 Å². The van der Waals surface area contributed by atoms with Crippen molar-refractivity contribution in [2.45, 2.75) is 38.8 Å². The highest BCUT2D eigenvalue weighted by molar-refractivity contribution is 5.91. The summed E-state index contributed by atoms with van der Waals surface area (Å²) in [5.41, 5.74) is 2.13. The van der Waals surface area contributed by atoms with Crippen LogP contribution in [-0.4, -0.2) is 10.8 Å². The molecule has 0 radical (unpaired) electrons. The van der Waals surface area contributed by atoms with E-state index in [0.29, 0.717) is 25.4 Å². The van der Waals surface area contributed by atoms with Crippen LogP contribution in [0.15, 0.2) is 101 Å². The lowest BCUT2D eigenvalue weighted by Gasteiger charge is -2.22. The Bertz CT molecular complexity index is 1250. The summed E-state index contributed by atoms with van der Waals surface area (Å²) in [7, 11) is 0. The summed E-state index contributed by atoms with van der Waals surface area (Å²) in [6.07, 6.45) is -4.37. The van der Waals surface area contributed by atoms with Gasteiger partial charge in [-0.1, -0.05) is 72.8 Å². The molecule has 7 heteroatoms. The molecule has 1 amide bonds. The number of carbonyl (C=O) groups excluding carboxylic acids is 1. The third-order valence-corrected chi connectivity index (χ3v) is 5.85. The van der Waals surface area contributed by atoms with E-state index in [1.807, 2.05) is 67.6 Å². The third-order valence-electron chi connectivity index (χ3n) is 5.85. The van der Waals surface area contributed by atoms with Crippen LogP contribution in [-0.2, 0) is 25.8 Å². The molecule has 3 aromatic carbocycles. The van der Waals surface area contributed by atoms with Gasteiger partial charge in [-0.05, 0) is 47.9 Å². The van der Waals surface area contributed by atoms with Crippen molar-refractivity contribution in [2.24, 2.45) is 0 Å². The number of hydrogen-bond donors (Lipinski definition) is 1. The van der Waals surface area contributed by atoms with Gasteiger partial charge in [0.05, 0.1) is 18.2 Å². The molecule has 0 saturated heterocycles. The zero-order valence-electron chi connectivity index (χ0n) is 19.8. The molecule has 1 heterocycles. The summed E-state index contributed by atoms with van der Waals surface area (Å²) >= 11 is 0. The van der Waals surface area contributed by atoms with E-state index in [0.717, 1.165) is 28.8 Å². The summed E-state index contributed by atoms with van der Waals surface area (Å²) in [6, 6.07) is 27.8. The highest BCUT2D eigenvalue weighted by atomic mass is 19.4. The fraction of sp³-hybridized carbons (Fsp3) is 0.207. The number of furan rings is 1. The Morgan fingerprint density at radius 2 is 1.39 bits per heavy atom. The first-order chi connectivity index (χ1) is 17.3. The van der Waals surface area contributed by atoms with Crippen molar-refractivity contribution in [2.75, 3.05) is 0 Å². The van der Waals surface area contributed by atoms with Gasteiger partial charge in [0.1, 0.15) is 5.76 Å². The molecule has 1 atom stereocenters. The molecule has 0 saturated carbocycles. The van der Waals surface area contributed by atoms with Gasteiger partial charge in [-0.15, -0.1) is 0 Å². The van der Waals surface area contributed by atoms with Crippen LogP contribution >= 0.6 is 0 Å². The van der Waals surface area contributed by atoms with E-state index in [9.17, 15) is 18.0 Å². The monoisotopic (exact) mass is 492 g/mol. The lowest BCUT2D eigenvalue weighted by Crippen LogP contribution is -2.26. The molecule has 4 aromatic rings. The number of hydrogen-bond acceptors (Lipinski definition) is 3. The van der Waals surface area contributed by atoms with Gasteiger partial charge in [0.15, 0.2) is 5.76 Å². The molecule has 1 unspecified atom stereocenters. The first-order valence-corrected chi connectivity index (χ1v) is 11.6. The Kier molecular flexibility index (Phi) is 7.90. The van der Waals surface area contributed by atoms with Gasteiger partial charge < -0.3 is 9.73 Å². The van der Waals surface area contributed by atoms with E-state index in [1.165, 1.54) is 12.1 Å². The summed E-state index contributed by atoms with van der Waals surface area (Å²) in [5.74, 6) is 0.493. The topological polar surface area (TPSA) is 45.5 Å². The molecule has 36 heavy (non-hydrogen) atoms. The molecule has 0 aliphatic rings. The Morgan fingerprint density at radius 3 is 2.00 bits per heavy atom. The van der Waals surface area contributed by atoms with Crippen LogP contribution in [0.2, 0.25) is 0 Å². The van der Waals surface area contributed by atoms with Gasteiger partial charge in [-0.3, -0.25) is 9.69 Å². The predicted molar refractivity (Wildman–Crippen MR) is 132 cm³/mol. The molecular formula is C29H27F3N2O2. The third kappa shape index (κ3) is 6.86. The molecule has 1 aromatic heterocycles. The largest absolute Gasteiger partial charge is 0.455 e. The van der Waals surface area contributed by atoms with Crippen molar-refractivity contribution in [1.29, 1.82) is 0 Å². The number of halogens is 3. The highest BCUT2D eigenvalue weighted by Gasteiger charge is 2.30. The van der Waals surface area contributed by atoms with Gasteiger partial charge in [-0.25, -0.2) is 0 Å². The van der Waals surface area contributed by atoms with Crippen molar-refractivity contribution in [3.8, 4) is 0 Å². The van der Waals surface area contributed by atoms with Crippen molar-refractivity contribution < 1.29 is 22.4 Å². The van der Waals surface area contributed by atoms with E-state index in [4.69, 9.17) is 4.42 Å². The molecule has 186 valence electrons. The number of nitrogens with zero attached hydrogens (tertiary/aromatic N) is 1.